The van der Waals surface area contributed by atoms with Crippen molar-refractivity contribution in [2.75, 3.05) is 10.6 Å². The largest absolute Gasteiger partial charge is 0.326 e. The first-order valence-electron chi connectivity index (χ1n) is 9.47. The zero-order valence-electron chi connectivity index (χ0n) is 16.0. The molecule has 2 aromatic carbocycles. The van der Waals surface area contributed by atoms with E-state index in [1.54, 1.807) is 0 Å². The van der Waals surface area contributed by atoms with Gasteiger partial charge in [-0.25, -0.2) is 0 Å². The van der Waals surface area contributed by atoms with Crippen molar-refractivity contribution in [2.45, 2.75) is 39.5 Å². The molecule has 1 aliphatic carbocycles. The summed E-state index contributed by atoms with van der Waals surface area (Å²) in [6, 6.07) is 11.5. The summed E-state index contributed by atoms with van der Waals surface area (Å²) in [7, 11) is 0. The normalized spacial score (nSPS) is 19.1. The zero-order valence-corrected chi connectivity index (χ0v) is 19.2. The highest BCUT2D eigenvalue weighted by Crippen LogP contribution is 2.31. The fourth-order valence-corrected chi connectivity index (χ4v) is 4.09. The van der Waals surface area contributed by atoms with Crippen LogP contribution in [0.15, 0.2) is 45.3 Å². The highest BCUT2D eigenvalue weighted by atomic mass is 79.9. The molecule has 1 saturated carbocycles. The van der Waals surface area contributed by atoms with E-state index in [4.69, 9.17) is 0 Å². The van der Waals surface area contributed by atoms with Crippen LogP contribution in [0.2, 0.25) is 0 Å². The second-order valence-electron chi connectivity index (χ2n) is 7.47. The Kier molecular flexibility index (Phi) is 6.94. The van der Waals surface area contributed by atoms with Crippen molar-refractivity contribution in [1.82, 2.24) is 0 Å². The van der Waals surface area contributed by atoms with Gasteiger partial charge in [0.2, 0.25) is 11.8 Å². The minimum Gasteiger partial charge on any atom is -0.326 e. The highest BCUT2D eigenvalue weighted by molar-refractivity contribution is 9.10. The number of carbonyl (C=O) groups excluding carboxylic acids is 2. The van der Waals surface area contributed by atoms with Crippen LogP contribution in [-0.2, 0) is 9.59 Å². The lowest BCUT2D eigenvalue weighted by Crippen LogP contribution is -2.33. The third-order valence-corrected chi connectivity index (χ3v) is 7.05. The first kappa shape index (κ1) is 21.1. The molecule has 2 atom stereocenters. The standard InChI is InChI=1S/C22H24Br2N2O2/c1-13-10-17(6-8-19(13)23)25-21(27)15-4-3-5-16(12-15)22(28)26-18-7-9-20(24)14(2)11-18/h6-11,15-16H,3-5,12H2,1-2H3,(H,25,27)(H,26,28)/t15-,16-/m1/s1. The topological polar surface area (TPSA) is 58.2 Å². The fraction of sp³-hybridized carbons (Fsp3) is 0.364. The van der Waals surface area contributed by atoms with E-state index in [-0.39, 0.29) is 23.7 Å². The van der Waals surface area contributed by atoms with Crippen molar-refractivity contribution in [3.05, 3.63) is 56.5 Å². The van der Waals surface area contributed by atoms with Gasteiger partial charge in [-0.2, -0.15) is 0 Å². The quantitative estimate of drug-likeness (QED) is 0.516. The summed E-state index contributed by atoms with van der Waals surface area (Å²) in [5.41, 5.74) is 3.73. The molecule has 2 N–H and O–H groups in total. The van der Waals surface area contributed by atoms with Crippen LogP contribution in [0.4, 0.5) is 11.4 Å². The van der Waals surface area contributed by atoms with Gasteiger partial charge in [0.1, 0.15) is 0 Å². The van der Waals surface area contributed by atoms with Gasteiger partial charge < -0.3 is 10.6 Å². The Morgan fingerprint density at radius 1 is 0.821 bits per heavy atom. The number of carbonyl (C=O) groups is 2. The Labute approximate surface area is 182 Å². The molecule has 3 rings (SSSR count). The van der Waals surface area contributed by atoms with E-state index in [0.717, 1.165) is 50.7 Å². The second-order valence-corrected chi connectivity index (χ2v) is 9.18. The Hall–Kier alpha value is -1.66. The summed E-state index contributed by atoms with van der Waals surface area (Å²) in [6.45, 7) is 3.98. The first-order chi connectivity index (χ1) is 13.3. The van der Waals surface area contributed by atoms with Gasteiger partial charge >= 0.3 is 0 Å². The van der Waals surface area contributed by atoms with Crippen LogP contribution in [-0.4, -0.2) is 11.8 Å². The van der Waals surface area contributed by atoms with Gasteiger partial charge in [-0.3, -0.25) is 9.59 Å². The summed E-state index contributed by atoms with van der Waals surface area (Å²) >= 11 is 6.94. The summed E-state index contributed by atoms with van der Waals surface area (Å²) in [5.74, 6) is -0.280. The van der Waals surface area contributed by atoms with Crippen LogP contribution in [0.3, 0.4) is 0 Å². The van der Waals surface area contributed by atoms with Gasteiger partial charge in [0, 0.05) is 32.2 Å². The average molecular weight is 508 g/mol. The lowest BCUT2D eigenvalue weighted by Gasteiger charge is -2.27. The molecule has 0 unspecified atom stereocenters. The van der Waals surface area contributed by atoms with Gasteiger partial charge in [0.05, 0.1) is 0 Å². The van der Waals surface area contributed by atoms with Crippen molar-refractivity contribution in [3.63, 3.8) is 0 Å². The van der Waals surface area contributed by atoms with Gasteiger partial charge in [-0.05, 0) is 80.6 Å². The number of rotatable bonds is 4. The molecule has 28 heavy (non-hydrogen) atoms. The Morgan fingerprint density at radius 2 is 1.25 bits per heavy atom. The summed E-state index contributed by atoms with van der Waals surface area (Å²) < 4.78 is 2.03. The predicted molar refractivity (Wildman–Crippen MR) is 120 cm³/mol. The number of halogens is 2. The number of benzene rings is 2. The van der Waals surface area contributed by atoms with E-state index in [1.165, 1.54) is 0 Å². The maximum absolute atomic E-state index is 12.7. The molecule has 1 fully saturated rings. The van der Waals surface area contributed by atoms with E-state index in [0.29, 0.717) is 6.42 Å². The third-order valence-electron chi connectivity index (χ3n) is 5.27. The average Bonchev–Trinajstić information content (AvgIpc) is 2.67. The number of hydrogen-bond acceptors (Lipinski definition) is 2. The monoisotopic (exact) mass is 506 g/mol. The molecule has 0 bridgehead atoms. The van der Waals surface area contributed by atoms with E-state index in [9.17, 15) is 9.59 Å². The number of anilines is 2. The molecule has 0 aromatic heterocycles. The number of hydrogen-bond donors (Lipinski definition) is 2. The number of amides is 2. The number of aryl methyl sites for hydroxylation is 2. The van der Waals surface area contributed by atoms with Gasteiger partial charge in [-0.15, -0.1) is 0 Å². The molecular weight excluding hydrogens is 484 g/mol. The SMILES string of the molecule is Cc1cc(NC(=O)[C@@H]2CCC[C@@H](C(=O)Nc3ccc(Br)c(C)c3)C2)ccc1Br. The van der Waals surface area contributed by atoms with Crippen LogP contribution in [0.5, 0.6) is 0 Å². The lowest BCUT2D eigenvalue weighted by atomic mass is 9.80. The summed E-state index contributed by atoms with van der Waals surface area (Å²) in [5, 5.41) is 6.01. The van der Waals surface area contributed by atoms with Gasteiger partial charge in [0.25, 0.3) is 0 Å². The zero-order chi connectivity index (χ0) is 20.3. The van der Waals surface area contributed by atoms with Crippen molar-refractivity contribution >= 4 is 55.0 Å². The minimum absolute atomic E-state index is 0.00120. The predicted octanol–water partition coefficient (Wildman–Crippen LogP) is 6.21. The highest BCUT2D eigenvalue weighted by Gasteiger charge is 2.31. The maximum Gasteiger partial charge on any atom is 0.227 e. The molecule has 148 valence electrons. The fourth-order valence-electron chi connectivity index (χ4n) is 3.60. The molecule has 6 heteroatoms. The molecule has 4 nitrogen and oxygen atoms in total. The Bertz CT molecular complexity index is 827. The summed E-state index contributed by atoms with van der Waals surface area (Å²) in [6.07, 6.45) is 3.11. The Balaban J connectivity index is 1.60. The van der Waals surface area contributed by atoms with Crippen LogP contribution in [0.25, 0.3) is 0 Å². The van der Waals surface area contributed by atoms with E-state index in [1.807, 2.05) is 50.2 Å². The molecular formula is C22H24Br2N2O2. The summed E-state index contributed by atoms with van der Waals surface area (Å²) in [4.78, 5) is 25.4. The lowest BCUT2D eigenvalue weighted by molar-refractivity contribution is -0.124. The molecule has 0 spiro atoms. The molecule has 2 aromatic rings. The second kappa shape index (κ2) is 9.23. The van der Waals surface area contributed by atoms with Crippen molar-refractivity contribution in [2.24, 2.45) is 11.8 Å². The minimum atomic E-state index is -0.139. The smallest absolute Gasteiger partial charge is 0.227 e. The molecule has 0 saturated heterocycles. The van der Waals surface area contributed by atoms with Gasteiger partial charge in [0.15, 0.2) is 0 Å². The maximum atomic E-state index is 12.7. The van der Waals surface area contributed by atoms with Gasteiger partial charge in [-0.1, -0.05) is 38.3 Å². The van der Waals surface area contributed by atoms with Crippen LogP contribution in [0, 0.1) is 25.7 Å². The van der Waals surface area contributed by atoms with E-state index < -0.39 is 0 Å². The molecule has 0 heterocycles. The molecule has 0 aliphatic heterocycles. The Morgan fingerprint density at radius 3 is 1.64 bits per heavy atom. The third kappa shape index (κ3) is 5.23. The first-order valence-corrected chi connectivity index (χ1v) is 11.1. The van der Waals surface area contributed by atoms with Crippen molar-refractivity contribution in [1.29, 1.82) is 0 Å². The van der Waals surface area contributed by atoms with E-state index in [2.05, 4.69) is 42.5 Å². The van der Waals surface area contributed by atoms with Crippen molar-refractivity contribution in [3.8, 4) is 0 Å². The van der Waals surface area contributed by atoms with E-state index >= 15 is 0 Å². The number of nitrogens with one attached hydrogen (secondary N) is 2. The van der Waals surface area contributed by atoms with Crippen LogP contribution >= 0.6 is 31.9 Å². The molecule has 1 aliphatic rings. The molecule has 0 radical (unpaired) electrons. The van der Waals surface area contributed by atoms with Crippen molar-refractivity contribution < 1.29 is 9.59 Å². The van der Waals surface area contributed by atoms with Crippen LogP contribution < -0.4 is 10.6 Å². The van der Waals surface area contributed by atoms with Crippen LogP contribution in [0.1, 0.15) is 36.8 Å². The molecule has 2 amide bonds.